The van der Waals surface area contributed by atoms with Gasteiger partial charge in [0.05, 0.1) is 0 Å². The van der Waals surface area contributed by atoms with Crippen molar-refractivity contribution >= 4 is 0 Å². The molecule has 5 heteroatoms. The van der Waals surface area contributed by atoms with E-state index in [-0.39, 0.29) is 12.1 Å². The van der Waals surface area contributed by atoms with E-state index in [0.29, 0.717) is 0 Å². The fourth-order valence-corrected chi connectivity index (χ4v) is 2.25. The Kier molecular flexibility index (Phi) is 4.85. The highest BCUT2D eigenvalue weighted by molar-refractivity contribution is 5.30. The molecular formula is C16H19F3N2. The average molecular weight is 296 g/mol. The van der Waals surface area contributed by atoms with E-state index < -0.39 is 11.8 Å². The SMILES string of the molecule is CC/C=C\C/C=C\CN1NC1(c1ccccc1)C(F)(F)F. The maximum Gasteiger partial charge on any atom is 0.426 e. The van der Waals surface area contributed by atoms with E-state index in [1.54, 1.807) is 24.3 Å². The molecule has 0 radical (unpaired) electrons. The van der Waals surface area contributed by atoms with Crippen LogP contribution in [-0.2, 0) is 5.66 Å². The summed E-state index contributed by atoms with van der Waals surface area (Å²) in [5.74, 6) is 0. The van der Waals surface area contributed by atoms with Crippen LogP contribution in [0, 0.1) is 0 Å². The smallest absolute Gasteiger partial charge is 0.219 e. The van der Waals surface area contributed by atoms with Gasteiger partial charge in [-0.25, -0.2) is 10.4 Å². The van der Waals surface area contributed by atoms with Crippen molar-refractivity contribution < 1.29 is 13.2 Å². The minimum Gasteiger partial charge on any atom is -0.219 e. The van der Waals surface area contributed by atoms with Gasteiger partial charge in [-0.2, -0.15) is 13.2 Å². The number of halogens is 3. The quantitative estimate of drug-likeness (QED) is 0.630. The molecule has 114 valence electrons. The standard InChI is InChI=1S/C16H19F3N2/c1-2-3-4-5-6-10-13-21-15(20-21,16(17,18)19)14-11-8-7-9-12-14/h3-4,6-12,20H,2,5,13H2,1H3/b4-3-,10-6-. The van der Waals surface area contributed by atoms with Gasteiger partial charge in [0.2, 0.25) is 5.66 Å². The van der Waals surface area contributed by atoms with Crippen LogP contribution in [0.15, 0.2) is 54.6 Å². The summed E-state index contributed by atoms with van der Waals surface area (Å²) in [6, 6.07) is 7.93. The first-order chi connectivity index (χ1) is 10.0. The second-order valence-corrected chi connectivity index (χ2v) is 4.88. The molecule has 0 aromatic heterocycles. The first-order valence-corrected chi connectivity index (χ1v) is 7.00. The van der Waals surface area contributed by atoms with E-state index in [1.165, 1.54) is 17.1 Å². The fourth-order valence-electron chi connectivity index (χ4n) is 2.25. The molecular weight excluding hydrogens is 277 g/mol. The Hall–Kier alpha value is -1.59. The number of rotatable bonds is 6. The Morgan fingerprint density at radius 1 is 1.10 bits per heavy atom. The van der Waals surface area contributed by atoms with Crippen molar-refractivity contribution in [2.24, 2.45) is 0 Å². The lowest BCUT2D eigenvalue weighted by Crippen LogP contribution is -2.35. The summed E-state index contributed by atoms with van der Waals surface area (Å²) in [4.78, 5) is 0. The molecule has 2 atom stereocenters. The van der Waals surface area contributed by atoms with E-state index in [0.717, 1.165) is 12.8 Å². The van der Waals surface area contributed by atoms with Crippen molar-refractivity contribution in [3.05, 3.63) is 60.2 Å². The molecule has 0 aliphatic carbocycles. The van der Waals surface area contributed by atoms with Gasteiger partial charge in [-0.3, -0.25) is 0 Å². The lowest BCUT2D eigenvalue weighted by Gasteiger charge is -2.18. The number of nitrogens with one attached hydrogen (secondary N) is 1. The normalized spacial score (nSPS) is 25.8. The molecule has 2 unspecified atom stereocenters. The van der Waals surface area contributed by atoms with Gasteiger partial charge in [-0.05, 0) is 18.4 Å². The van der Waals surface area contributed by atoms with Gasteiger partial charge in [0.15, 0.2) is 0 Å². The van der Waals surface area contributed by atoms with E-state index >= 15 is 0 Å². The number of hydrazine groups is 1. The summed E-state index contributed by atoms with van der Waals surface area (Å²) < 4.78 is 40.1. The van der Waals surface area contributed by atoms with E-state index in [1.807, 2.05) is 25.2 Å². The zero-order valence-corrected chi connectivity index (χ0v) is 11.9. The first-order valence-electron chi connectivity index (χ1n) is 7.00. The molecule has 0 spiro atoms. The van der Waals surface area contributed by atoms with E-state index in [4.69, 9.17) is 0 Å². The average Bonchev–Trinajstić information content (AvgIpc) is 3.19. The van der Waals surface area contributed by atoms with Crippen LogP contribution in [-0.4, -0.2) is 17.7 Å². The van der Waals surface area contributed by atoms with Crippen molar-refractivity contribution in [2.45, 2.75) is 31.6 Å². The second kappa shape index (κ2) is 6.45. The summed E-state index contributed by atoms with van der Waals surface area (Å²) in [6.07, 6.45) is 5.01. The summed E-state index contributed by atoms with van der Waals surface area (Å²) in [7, 11) is 0. The van der Waals surface area contributed by atoms with Gasteiger partial charge >= 0.3 is 6.18 Å². The van der Waals surface area contributed by atoms with Crippen molar-refractivity contribution in [3.63, 3.8) is 0 Å². The third kappa shape index (κ3) is 3.36. The molecule has 2 rings (SSSR count). The molecule has 1 N–H and O–H groups in total. The summed E-state index contributed by atoms with van der Waals surface area (Å²) in [6.45, 7) is 2.26. The Labute approximate surface area is 122 Å². The lowest BCUT2D eigenvalue weighted by atomic mass is 10.0. The molecule has 1 aliphatic rings. The van der Waals surface area contributed by atoms with E-state index in [2.05, 4.69) is 5.43 Å². The topological polar surface area (TPSA) is 25.0 Å². The summed E-state index contributed by atoms with van der Waals surface area (Å²) >= 11 is 0. The van der Waals surface area contributed by atoms with Crippen molar-refractivity contribution in [1.29, 1.82) is 0 Å². The molecule has 2 nitrogen and oxygen atoms in total. The van der Waals surface area contributed by atoms with Gasteiger partial charge in [0.1, 0.15) is 0 Å². The third-order valence-corrected chi connectivity index (χ3v) is 3.38. The molecule has 0 bridgehead atoms. The molecule has 1 heterocycles. The summed E-state index contributed by atoms with van der Waals surface area (Å²) in [5.41, 5.74) is 0.655. The van der Waals surface area contributed by atoms with Crippen molar-refractivity contribution in [2.75, 3.05) is 6.54 Å². The molecule has 1 saturated heterocycles. The zero-order chi connectivity index (χ0) is 15.3. The van der Waals surface area contributed by atoms with Gasteiger partial charge < -0.3 is 0 Å². The Bertz CT molecular complexity index is 508. The highest BCUT2D eigenvalue weighted by Crippen LogP contribution is 2.49. The molecule has 1 aromatic carbocycles. The number of hydrogen-bond donors (Lipinski definition) is 1. The Morgan fingerprint density at radius 2 is 1.76 bits per heavy atom. The van der Waals surface area contributed by atoms with Gasteiger partial charge in [0, 0.05) is 6.54 Å². The van der Waals surface area contributed by atoms with Gasteiger partial charge in [-0.1, -0.05) is 61.6 Å². The van der Waals surface area contributed by atoms with Crippen LogP contribution in [0.3, 0.4) is 0 Å². The minimum absolute atomic E-state index is 0.217. The minimum atomic E-state index is -4.36. The van der Waals surface area contributed by atoms with Crippen molar-refractivity contribution in [3.8, 4) is 0 Å². The highest BCUT2D eigenvalue weighted by atomic mass is 19.4. The Balaban J connectivity index is 2.02. The lowest BCUT2D eigenvalue weighted by molar-refractivity contribution is -0.175. The van der Waals surface area contributed by atoms with Crippen LogP contribution in [0.2, 0.25) is 0 Å². The third-order valence-electron chi connectivity index (χ3n) is 3.38. The van der Waals surface area contributed by atoms with Crippen LogP contribution < -0.4 is 5.43 Å². The number of allylic oxidation sites excluding steroid dienone is 3. The zero-order valence-electron chi connectivity index (χ0n) is 11.9. The van der Waals surface area contributed by atoms with Crippen LogP contribution >= 0.6 is 0 Å². The molecule has 0 amide bonds. The molecule has 0 saturated carbocycles. The largest absolute Gasteiger partial charge is 0.426 e. The molecule has 21 heavy (non-hydrogen) atoms. The molecule has 1 aromatic rings. The predicted octanol–water partition coefficient (Wildman–Crippen LogP) is 4.13. The number of nitrogens with zero attached hydrogens (tertiary/aromatic N) is 1. The van der Waals surface area contributed by atoms with E-state index in [9.17, 15) is 13.2 Å². The number of benzene rings is 1. The fraction of sp³-hybridized carbons (Fsp3) is 0.375. The number of hydrogen-bond acceptors (Lipinski definition) is 2. The van der Waals surface area contributed by atoms with Gasteiger partial charge in [0.25, 0.3) is 0 Å². The molecule has 1 aliphatic heterocycles. The summed E-state index contributed by atoms with van der Waals surface area (Å²) in [5, 5.41) is 1.21. The van der Waals surface area contributed by atoms with Crippen LogP contribution in [0.1, 0.15) is 25.3 Å². The van der Waals surface area contributed by atoms with Crippen LogP contribution in [0.4, 0.5) is 13.2 Å². The predicted molar refractivity (Wildman–Crippen MR) is 77.2 cm³/mol. The van der Waals surface area contributed by atoms with Gasteiger partial charge in [-0.15, -0.1) is 0 Å². The second-order valence-electron chi connectivity index (χ2n) is 4.88. The highest BCUT2D eigenvalue weighted by Gasteiger charge is 2.70. The maximum absolute atomic E-state index is 13.4. The monoisotopic (exact) mass is 296 g/mol. The molecule has 1 fully saturated rings. The Morgan fingerprint density at radius 3 is 2.38 bits per heavy atom. The number of alkyl halides is 3. The van der Waals surface area contributed by atoms with Crippen LogP contribution in [0.25, 0.3) is 0 Å². The van der Waals surface area contributed by atoms with Crippen molar-refractivity contribution in [1.82, 2.24) is 10.4 Å². The maximum atomic E-state index is 13.4. The first kappa shape index (κ1) is 15.8. The van der Waals surface area contributed by atoms with Crippen LogP contribution in [0.5, 0.6) is 0 Å².